The molecule has 1 aliphatic heterocycles. The fourth-order valence-electron chi connectivity index (χ4n) is 1.73. The number of amides is 1. The number of fused-ring (bicyclic) bond motifs is 2. The molecule has 0 unspecified atom stereocenters. The van der Waals surface area contributed by atoms with E-state index in [1.54, 1.807) is 18.5 Å². The molecule has 4 heteroatoms. The third-order valence-corrected chi connectivity index (χ3v) is 2.51. The van der Waals surface area contributed by atoms with Crippen LogP contribution >= 0.6 is 0 Å². The summed E-state index contributed by atoms with van der Waals surface area (Å²) in [5.41, 5.74) is 3.00. The summed E-state index contributed by atoms with van der Waals surface area (Å²) >= 11 is 0. The highest BCUT2D eigenvalue weighted by atomic mass is 16.1. The van der Waals surface area contributed by atoms with Crippen molar-refractivity contribution in [2.75, 3.05) is 10.6 Å². The second-order valence-electron chi connectivity index (χ2n) is 3.55. The van der Waals surface area contributed by atoms with Gasteiger partial charge in [-0.3, -0.25) is 9.78 Å². The Morgan fingerprint density at radius 1 is 0.938 bits per heavy atom. The summed E-state index contributed by atoms with van der Waals surface area (Å²) in [6, 6.07) is 9.23. The number of pyridine rings is 1. The van der Waals surface area contributed by atoms with Gasteiger partial charge in [-0.15, -0.1) is 0 Å². The summed E-state index contributed by atoms with van der Waals surface area (Å²) < 4.78 is 0. The fraction of sp³-hybridized carbons (Fsp3) is 0. The van der Waals surface area contributed by atoms with Crippen LogP contribution < -0.4 is 10.6 Å². The molecular weight excluding hydrogens is 202 g/mol. The summed E-state index contributed by atoms with van der Waals surface area (Å²) in [6.07, 6.45) is 3.32. The zero-order valence-corrected chi connectivity index (χ0v) is 8.40. The minimum Gasteiger partial charge on any atom is -0.353 e. The van der Waals surface area contributed by atoms with Gasteiger partial charge in [-0.1, -0.05) is 12.1 Å². The van der Waals surface area contributed by atoms with Crippen molar-refractivity contribution in [1.29, 1.82) is 0 Å². The molecule has 4 nitrogen and oxygen atoms in total. The minimum absolute atomic E-state index is 0.116. The van der Waals surface area contributed by atoms with Crippen LogP contribution in [0.25, 0.3) is 0 Å². The number of rotatable bonds is 0. The van der Waals surface area contributed by atoms with Crippen LogP contribution in [0.4, 0.5) is 17.1 Å². The first-order valence-corrected chi connectivity index (χ1v) is 4.96. The van der Waals surface area contributed by atoms with Crippen molar-refractivity contribution in [2.24, 2.45) is 0 Å². The van der Waals surface area contributed by atoms with Crippen LogP contribution in [-0.4, -0.2) is 10.9 Å². The lowest BCUT2D eigenvalue weighted by molar-refractivity contribution is 0.102. The molecule has 0 bridgehead atoms. The molecule has 0 aliphatic carbocycles. The molecule has 0 spiro atoms. The normalized spacial score (nSPS) is 12.9. The van der Waals surface area contributed by atoms with E-state index in [0.717, 1.165) is 11.4 Å². The Balaban J connectivity index is 2.18. The van der Waals surface area contributed by atoms with Gasteiger partial charge in [0.1, 0.15) is 0 Å². The van der Waals surface area contributed by atoms with Gasteiger partial charge in [0.05, 0.1) is 28.8 Å². The molecule has 1 amide bonds. The maximum atomic E-state index is 11.9. The molecule has 2 aromatic rings. The number of hydrogen-bond acceptors (Lipinski definition) is 3. The number of para-hydroxylation sites is 1. The average molecular weight is 211 g/mol. The van der Waals surface area contributed by atoms with E-state index in [4.69, 9.17) is 0 Å². The molecule has 2 N–H and O–H groups in total. The lowest BCUT2D eigenvalue weighted by Gasteiger charge is -2.06. The Labute approximate surface area is 92.3 Å². The molecule has 78 valence electrons. The number of carbonyl (C=O) groups is 1. The molecule has 0 radical (unpaired) electrons. The van der Waals surface area contributed by atoms with Crippen LogP contribution in [0.1, 0.15) is 10.4 Å². The van der Waals surface area contributed by atoms with Crippen LogP contribution in [0.3, 0.4) is 0 Å². The average Bonchev–Trinajstić information content (AvgIpc) is 2.45. The second-order valence-corrected chi connectivity index (χ2v) is 3.55. The lowest BCUT2D eigenvalue weighted by atomic mass is 10.1. The smallest absolute Gasteiger partial charge is 0.257 e. The first kappa shape index (κ1) is 8.91. The molecule has 1 aromatic carbocycles. The topological polar surface area (TPSA) is 54.0 Å². The van der Waals surface area contributed by atoms with Gasteiger partial charge in [-0.25, -0.2) is 0 Å². The summed E-state index contributed by atoms with van der Waals surface area (Å²) in [7, 11) is 0. The van der Waals surface area contributed by atoms with E-state index >= 15 is 0 Å². The van der Waals surface area contributed by atoms with Gasteiger partial charge in [0, 0.05) is 6.20 Å². The van der Waals surface area contributed by atoms with Crippen LogP contribution in [0, 0.1) is 0 Å². The Kier molecular flexibility index (Phi) is 1.86. The van der Waals surface area contributed by atoms with E-state index in [1.807, 2.05) is 24.3 Å². The summed E-state index contributed by atoms with van der Waals surface area (Å²) in [5, 5.41) is 6.02. The number of carbonyl (C=O) groups excluding carboxylic acids is 1. The van der Waals surface area contributed by atoms with Crippen LogP contribution in [0.15, 0.2) is 42.7 Å². The second kappa shape index (κ2) is 3.34. The number of nitrogens with one attached hydrogen (secondary N) is 2. The van der Waals surface area contributed by atoms with Crippen LogP contribution in [0.5, 0.6) is 0 Å². The zero-order chi connectivity index (χ0) is 11.0. The van der Waals surface area contributed by atoms with Crippen molar-refractivity contribution in [2.45, 2.75) is 0 Å². The summed E-state index contributed by atoms with van der Waals surface area (Å²) in [4.78, 5) is 15.9. The molecular formula is C12H9N3O. The first-order chi connectivity index (χ1) is 7.84. The Morgan fingerprint density at radius 3 is 2.75 bits per heavy atom. The third kappa shape index (κ3) is 1.32. The number of nitrogens with zero attached hydrogens (tertiary/aromatic N) is 1. The molecule has 2 heterocycles. The van der Waals surface area contributed by atoms with Gasteiger partial charge < -0.3 is 10.6 Å². The molecule has 1 aliphatic rings. The number of aromatic nitrogens is 1. The highest BCUT2D eigenvalue weighted by Gasteiger charge is 2.17. The Morgan fingerprint density at radius 2 is 1.81 bits per heavy atom. The van der Waals surface area contributed by atoms with E-state index < -0.39 is 0 Å². The predicted octanol–water partition coefficient (Wildman–Crippen LogP) is 2.39. The fourth-order valence-corrected chi connectivity index (χ4v) is 1.73. The quantitative estimate of drug-likeness (QED) is 0.703. The first-order valence-electron chi connectivity index (χ1n) is 4.96. The molecule has 0 saturated carbocycles. The Hall–Kier alpha value is -2.36. The maximum Gasteiger partial charge on any atom is 0.257 e. The van der Waals surface area contributed by atoms with Gasteiger partial charge >= 0.3 is 0 Å². The summed E-state index contributed by atoms with van der Waals surface area (Å²) in [6.45, 7) is 0. The van der Waals surface area contributed by atoms with E-state index in [-0.39, 0.29) is 5.91 Å². The maximum absolute atomic E-state index is 11.9. The van der Waals surface area contributed by atoms with Crippen molar-refractivity contribution in [3.63, 3.8) is 0 Å². The Bertz CT molecular complexity index is 566. The highest BCUT2D eigenvalue weighted by molar-refractivity contribution is 6.11. The van der Waals surface area contributed by atoms with Crippen LogP contribution in [-0.2, 0) is 0 Å². The van der Waals surface area contributed by atoms with Gasteiger partial charge in [0.15, 0.2) is 0 Å². The van der Waals surface area contributed by atoms with E-state index in [9.17, 15) is 4.79 Å². The van der Waals surface area contributed by atoms with Crippen molar-refractivity contribution < 1.29 is 4.79 Å². The molecule has 0 fully saturated rings. The van der Waals surface area contributed by atoms with Gasteiger partial charge in [0.25, 0.3) is 5.91 Å². The van der Waals surface area contributed by atoms with Crippen molar-refractivity contribution in [3.8, 4) is 0 Å². The van der Waals surface area contributed by atoms with E-state index in [1.165, 1.54) is 0 Å². The van der Waals surface area contributed by atoms with Crippen molar-refractivity contribution >= 4 is 23.0 Å². The molecule has 0 atom stereocenters. The largest absolute Gasteiger partial charge is 0.353 e. The van der Waals surface area contributed by atoms with Crippen molar-refractivity contribution in [3.05, 3.63) is 48.3 Å². The van der Waals surface area contributed by atoms with Gasteiger partial charge in [-0.2, -0.15) is 0 Å². The highest BCUT2D eigenvalue weighted by Crippen LogP contribution is 2.30. The molecule has 3 rings (SSSR count). The summed E-state index contributed by atoms with van der Waals surface area (Å²) in [5.74, 6) is -0.116. The third-order valence-electron chi connectivity index (χ3n) is 2.51. The predicted molar refractivity (Wildman–Crippen MR) is 61.9 cm³/mol. The number of anilines is 3. The van der Waals surface area contributed by atoms with E-state index in [2.05, 4.69) is 15.6 Å². The van der Waals surface area contributed by atoms with Gasteiger partial charge in [-0.05, 0) is 18.2 Å². The van der Waals surface area contributed by atoms with Gasteiger partial charge in [0.2, 0.25) is 0 Å². The number of benzene rings is 1. The SMILES string of the molecule is O=C1Nc2cnccc2Nc2ccccc21. The molecule has 0 saturated heterocycles. The van der Waals surface area contributed by atoms with Crippen molar-refractivity contribution in [1.82, 2.24) is 4.98 Å². The monoisotopic (exact) mass is 211 g/mol. The van der Waals surface area contributed by atoms with E-state index in [0.29, 0.717) is 11.3 Å². The van der Waals surface area contributed by atoms with Crippen LogP contribution in [0.2, 0.25) is 0 Å². The zero-order valence-electron chi connectivity index (χ0n) is 8.40. The molecule has 1 aromatic heterocycles. The minimum atomic E-state index is -0.116. The molecule has 16 heavy (non-hydrogen) atoms. The number of hydrogen-bond donors (Lipinski definition) is 2. The standard InChI is InChI=1S/C12H9N3O/c16-12-8-3-1-2-4-9(8)14-10-5-6-13-7-11(10)15-12/h1-7,14H,(H,15,16). The lowest BCUT2D eigenvalue weighted by Crippen LogP contribution is -2.10.